The molecule has 2 aliphatic rings. The van der Waals surface area contributed by atoms with Gasteiger partial charge >= 0.3 is 0 Å². The third kappa shape index (κ3) is 3.84. The molecule has 0 amide bonds. The summed E-state index contributed by atoms with van der Waals surface area (Å²) in [5, 5.41) is 6.98. The molecule has 164 valence electrons. The van der Waals surface area contributed by atoms with Crippen LogP contribution in [-0.4, -0.2) is 0 Å². The number of rotatable bonds is 1. The van der Waals surface area contributed by atoms with Gasteiger partial charge in [0.15, 0.2) is 0 Å². The first-order chi connectivity index (χ1) is 16.9. The standard InChI is InChI=1S/C19H15N.C13H11N/c1-2-8-14(9-3-1)19-15-10-4-6-12-17(15)20-18-13-7-5-11-16(18)19;1-3-7-12-10(5-1)9-11-6-2-4-8-13(11)14-12/h1-13,19-20H;1-8,14H,9H2. The molecule has 2 heteroatoms. The molecule has 2 heterocycles. The van der Waals surface area contributed by atoms with Gasteiger partial charge in [-0.2, -0.15) is 0 Å². The second-order valence-corrected chi connectivity index (χ2v) is 8.76. The fraction of sp³-hybridized carbons (Fsp3) is 0.0625. The Labute approximate surface area is 200 Å². The maximum absolute atomic E-state index is 3.54. The van der Waals surface area contributed by atoms with Gasteiger partial charge in [0.1, 0.15) is 0 Å². The van der Waals surface area contributed by atoms with Gasteiger partial charge in [-0.3, -0.25) is 0 Å². The van der Waals surface area contributed by atoms with Gasteiger partial charge in [0.05, 0.1) is 0 Å². The Morgan fingerprint density at radius 3 is 1.38 bits per heavy atom. The van der Waals surface area contributed by atoms with E-state index in [0.717, 1.165) is 6.42 Å². The molecule has 0 spiro atoms. The van der Waals surface area contributed by atoms with E-state index in [9.17, 15) is 0 Å². The number of nitrogens with one attached hydrogen (secondary N) is 2. The Kier molecular flexibility index (Phi) is 5.33. The van der Waals surface area contributed by atoms with Gasteiger partial charge in [-0.25, -0.2) is 0 Å². The van der Waals surface area contributed by atoms with Gasteiger partial charge in [0.25, 0.3) is 0 Å². The maximum atomic E-state index is 3.54. The predicted molar refractivity (Wildman–Crippen MR) is 143 cm³/mol. The largest absolute Gasteiger partial charge is 0.355 e. The molecule has 7 rings (SSSR count). The summed E-state index contributed by atoms with van der Waals surface area (Å²) in [4.78, 5) is 0. The Morgan fingerprint density at radius 1 is 0.412 bits per heavy atom. The Bertz CT molecular complexity index is 1310. The van der Waals surface area contributed by atoms with Crippen LogP contribution >= 0.6 is 0 Å². The summed E-state index contributed by atoms with van der Waals surface area (Å²) in [7, 11) is 0. The lowest BCUT2D eigenvalue weighted by molar-refractivity contribution is 0.964. The van der Waals surface area contributed by atoms with Gasteiger partial charge in [-0.15, -0.1) is 0 Å². The van der Waals surface area contributed by atoms with Crippen molar-refractivity contribution in [1.82, 2.24) is 0 Å². The van der Waals surface area contributed by atoms with Crippen LogP contribution in [0, 0.1) is 0 Å². The molecule has 0 fully saturated rings. The lowest BCUT2D eigenvalue weighted by atomic mass is 9.81. The molecule has 0 aliphatic carbocycles. The highest BCUT2D eigenvalue weighted by atomic mass is 14.9. The first kappa shape index (κ1) is 20.3. The van der Waals surface area contributed by atoms with Gasteiger partial charge in [0, 0.05) is 35.1 Å². The Hall–Kier alpha value is -4.30. The monoisotopic (exact) mass is 438 g/mol. The minimum Gasteiger partial charge on any atom is -0.355 e. The van der Waals surface area contributed by atoms with Crippen LogP contribution in [0.4, 0.5) is 22.7 Å². The number of hydrogen-bond acceptors (Lipinski definition) is 2. The fourth-order valence-electron chi connectivity index (χ4n) is 4.99. The van der Waals surface area contributed by atoms with Crippen LogP contribution in [-0.2, 0) is 6.42 Å². The van der Waals surface area contributed by atoms with E-state index in [-0.39, 0.29) is 0 Å². The van der Waals surface area contributed by atoms with Crippen molar-refractivity contribution < 1.29 is 0 Å². The van der Waals surface area contributed by atoms with E-state index in [1.165, 1.54) is 50.6 Å². The lowest BCUT2D eigenvalue weighted by Gasteiger charge is -2.29. The van der Waals surface area contributed by atoms with E-state index in [4.69, 9.17) is 0 Å². The van der Waals surface area contributed by atoms with Crippen molar-refractivity contribution in [2.24, 2.45) is 0 Å². The van der Waals surface area contributed by atoms with Crippen LogP contribution in [0.25, 0.3) is 0 Å². The molecule has 0 saturated heterocycles. The van der Waals surface area contributed by atoms with Crippen LogP contribution in [0.2, 0.25) is 0 Å². The van der Waals surface area contributed by atoms with E-state index in [2.05, 4.69) is 138 Å². The van der Waals surface area contributed by atoms with E-state index < -0.39 is 0 Å². The quantitative estimate of drug-likeness (QED) is 0.270. The van der Waals surface area contributed by atoms with Crippen molar-refractivity contribution in [3.05, 3.63) is 155 Å². The SMILES string of the molecule is c1ccc(C2c3ccccc3Nc3ccccc32)cc1.c1ccc2c(c1)Cc1ccccc1N2. The first-order valence-corrected chi connectivity index (χ1v) is 11.8. The van der Waals surface area contributed by atoms with Crippen LogP contribution in [0.1, 0.15) is 33.7 Å². The third-order valence-corrected chi connectivity index (χ3v) is 6.63. The van der Waals surface area contributed by atoms with Crippen molar-refractivity contribution in [3.63, 3.8) is 0 Å². The normalized spacial score (nSPS) is 12.9. The highest BCUT2D eigenvalue weighted by molar-refractivity contribution is 5.75. The zero-order valence-electron chi connectivity index (χ0n) is 18.9. The first-order valence-electron chi connectivity index (χ1n) is 11.8. The summed E-state index contributed by atoms with van der Waals surface area (Å²) < 4.78 is 0. The summed E-state index contributed by atoms with van der Waals surface area (Å²) in [6.45, 7) is 0. The van der Waals surface area contributed by atoms with Crippen LogP contribution in [0.3, 0.4) is 0 Å². The molecule has 2 nitrogen and oxygen atoms in total. The molecule has 0 atom stereocenters. The number of para-hydroxylation sites is 4. The number of benzene rings is 5. The molecule has 5 aromatic rings. The summed E-state index contributed by atoms with van der Waals surface area (Å²) in [6.07, 6.45) is 1.04. The fourth-order valence-corrected chi connectivity index (χ4v) is 4.99. The number of hydrogen-bond donors (Lipinski definition) is 2. The molecule has 0 bridgehead atoms. The van der Waals surface area contributed by atoms with Crippen molar-refractivity contribution in [1.29, 1.82) is 0 Å². The highest BCUT2D eigenvalue weighted by Crippen LogP contribution is 2.44. The summed E-state index contributed by atoms with van der Waals surface area (Å²) >= 11 is 0. The minimum absolute atomic E-state index is 0.310. The molecule has 34 heavy (non-hydrogen) atoms. The van der Waals surface area contributed by atoms with Gasteiger partial charge in [-0.05, 0) is 52.1 Å². The third-order valence-electron chi connectivity index (χ3n) is 6.63. The van der Waals surface area contributed by atoms with Crippen LogP contribution in [0.15, 0.2) is 127 Å². The van der Waals surface area contributed by atoms with E-state index in [1.807, 2.05) is 0 Å². The van der Waals surface area contributed by atoms with E-state index >= 15 is 0 Å². The highest BCUT2D eigenvalue weighted by Gasteiger charge is 2.25. The molecule has 2 aliphatic heterocycles. The smallest absolute Gasteiger partial charge is 0.0426 e. The molecule has 0 aromatic heterocycles. The van der Waals surface area contributed by atoms with Gasteiger partial charge in [-0.1, -0.05) is 103 Å². The van der Waals surface area contributed by atoms with Crippen LogP contribution < -0.4 is 10.6 Å². The van der Waals surface area contributed by atoms with Gasteiger partial charge < -0.3 is 10.6 Å². The van der Waals surface area contributed by atoms with Crippen LogP contribution in [0.5, 0.6) is 0 Å². The maximum Gasteiger partial charge on any atom is 0.0426 e. The Balaban J connectivity index is 0.000000136. The summed E-state index contributed by atoms with van der Waals surface area (Å²) in [5.41, 5.74) is 11.7. The van der Waals surface area contributed by atoms with Crippen molar-refractivity contribution >= 4 is 22.7 Å². The molecule has 0 radical (unpaired) electrons. The van der Waals surface area contributed by atoms with Crippen molar-refractivity contribution in [2.75, 3.05) is 10.6 Å². The molecule has 2 N–H and O–H groups in total. The summed E-state index contributed by atoms with van der Waals surface area (Å²) in [5.74, 6) is 0.310. The van der Waals surface area contributed by atoms with Gasteiger partial charge in [0.2, 0.25) is 0 Å². The molecular weight excluding hydrogens is 412 g/mol. The second-order valence-electron chi connectivity index (χ2n) is 8.76. The average Bonchev–Trinajstić information content (AvgIpc) is 2.91. The summed E-state index contributed by atoms with van der Waals surface area (Å²) in [6, 6.07) is 44.8. The molecule has 0 saturated carbocycles. The zero-order chi connectivity index (χ0) is 22.7. The van der Waals surface area contributed by atoms with E-state index in [0.29, 0.717) is 5.92 Å². The minimum atomic E-state index is 0.310. The second kappa shape index (κ2) is 8.92. The average molecular weight is 439 g/mol. The number of anilines is 4. The Morgan fingerprint density at radius 2 is 0.824 bits per heavy atom. The predicted octanol–water partition coefficient (Wildman–Crippen LogP) is 8.26. The van der Waals surface area contributed by atoms with Crippen molar-refractivity contribution in [2.45, 2.75) is 12.3 Å². The molecule has 5 aromatic carbocycles. The number of fused-ring (bicyclic) bond motifs is 4. The van der Waals surface area contributed by atoms with Crippen molar-refractivity contribution in [3.8, 4) is 0 Å². The van der Waals surface area contributed by atoms with E-state index in [1.54, 1.807) is 0 Å². The lowest BCUT2D eigenvalue weighted by Crippen LogP contribution is -2.13. The molecular formula is C32H26N2. The topological polar surface area (TPSA) is 24.1 Å². The zero-order valence-corrected chi connectivity index (χ0v) is 18.9. The molecule has 0 unspecified atom stereocenters.